The lowest BCUT2D eigenvalue weighted by molar-refractivity contribution is -0.117. The third-order valence-electron chi connectivity index (χ3n) is 4.54. The van der Waals surface area contributed by atoms with E-state index in [1.807, 2.05) is 44.2 Å². The van der Waals surface area contributed by atoms with E-state index in [4.69, 9.17) is 9.47 Å². The summed E-state index contributed by atoms with van der Waals surface area (Å²) in [6.07, 6.45) is 1.55. The molecular weight excluding hydrogens is 503 g/mol. The zero-order valence-electron chi connectivity index (χ0n) is 17.6. The first-order valence-corrected chi connectivity index (χ1v) is 10.9. The number of methoxy groups -OCH3 is 1. The number of nitrogens with one attached hydrogen (secondary N) is 1. The molecule has 0 saturated heterocycles. The number of carbonyl (C=O) groups is 1. The second kappa shape index (κ2) is 10.3. The second-order valence-corrected chi connectivity index (χ2v) is 8.46. The molecule has 0 unspecified atom stereocenters. The number of carbonyl (C=O) groups excluding carboxylic acids is 1. The van der Waals surface area contributed by atoms with Gasteiger partial charge in [0.25, 0.3) is 5.91 Å². The van der Waals surface area contributed by atoms with Gasteiger partial charge in [-0.2, -0.15) is 5.26 Å². The van der Waals surface area contributed by atoms with E-state index in [0.717, 1.165) is 14.5 Å². The molecule has 0 radical (unpaired) electrons. The summed E-state index contributed by atoms with van der Waals surface area (Å²) in [5, 5.41) is 14.4. The highest BCUT2D eigenvalue weighted by atomic mass is 127. The molecule has 31 heavy (non-hydrogen) atoms. The molecular formula is C25H23IN2O3. The van der Waals surface area contributed by atoms with Gasteiger partial charge < -0.3 is 14.8 Å². The van der Waals surface area contributed by atoms with Crippen molar-refractivity contribution in [3.8, 4) is 17.6 Å². The van der Waals surface area contributed by atoms with Gasteiger partial charge in [-0.05, 0) is 82.6 Å². The minimum absolute atomic E-state index is 0.0383. The number of nitriles is 1. The third kappa shape index (κ3) is 5.76. The van der Waals surface area contributed by atoms with E-state index >= 15 is 0 Å². The van der Waals surface area contributed by atoms with Crippen molar-refractivity contribution < 1.29 is 14.3 Å². The molecule has 0 atom stereocenters. The molecule has 0 aliphatic heterocycles. The Hall–Kier alpha value is -3.05. The van der Waals surface area contributed by atoms with Crippen LogP contribution < -0.4 is 14.8 Å². The van der Waals surface area contributed by atoms with Crippen molar-refractivity contribution in [1.29, 1.82) is 5.26 Å². The van der Waals surface area contributed by atoms with E-state index in [9.17, 15) is 10.1 Å². The van der Waals surface area contributed by atoms with Crippen LogP contribution in [-0.2, 0) is 11.4 Å². The Morgan fingerprint density at radius 3 is 2.58 bits per heavy atom. The molecule has 6 heteroatoms. The lowest BCUT2D eigenvalue weighted by Crippen LogP contribution is -2.30. The number of nitrogens with zero attached hydrogens (tertiary/aromatic N) is 1. The van der Waals surface area contributed by atoms with E-state index < -0.39 is 5.91 Å². The molecule has 0 aliphatic rings. The predicted octanol–water partition coefficient (Wildman–Crippen LogP) is 5.46. The van der Waals surface area contributed by atoms with Gasteiger partial charge >= 0.3 is 0 Å². The summed E-state index contributed by atoms with van der Waals surface area (Å²) in [5.41, 5.74) is 1.78. The first-order chi connectivity index (χ1) is 14.9. The average molecular weight is 526 g/mol. The molecule has 0 fully saturated rings. The maximum absolute atomic E-state index is 12.2. The third-order valence-corrected chi connectivity index (χ3v) is 5.35. The fourth-order valence-corrected chi connectivity index (χ4v) is 3.88. The first kappa shape index (κ1) is 22.6. The van der Waals surface area contributed by atoms with Crippen molar-refractivity contribution >= 4 is 45.3 Å². The molecule has 5 nitrogen and oxygen atoms in total. The fourth-order valence-electron chi connectivity index (χ4n) is 3.10. The number of benzene rings is 3. The molecule has 1 amide bonds. The van der Waals surface area contributed by atoms with Crippen LogP contribution in [0.1, 0.15) is 25.0 Å². The van der Waals surface area contributed by atoms with Crippen LogP contribution in [0.25, 0.3) is 16.8 Å². The van der Waals surface area contributed by atoms with Gasteiger partial charge in [-0.1, -0.05) is 36.4 Å². The van der Waals surface area contributed by atoms with Gasteiger partial charge in [-0.3, -0.25) is 4.79 Å². The molecule has 0 saturated carbocycles. The minimum atomic E-state index is -0.400. The highest BCUT2D eigenvalue weighted by molar-refractivity contribution is 14.1. The van der Waals surface area contributed by atoms with Crippen LogP contribution in [0.5, 0.6) is 11.5 Å². The molecule has 3 aromatic rings. The van der Waals surface area contributed by atoms with E-state index in [0.29, 0.717) is 23.7 Å². The highest BCUT2D eigenvalue weighted by Gasteiger charge is 2.14. The number of hydrogen-bond donors (Lipinski definition) is 1. The van der Waals surface area contributed by atoms with Gasteiger partial charge in [-0.25, -0.2) is 0 Å². The van der Waals surface area contributed by atoms with E-state index in [-0.39, 0.29) is 11.6 Å². The minimum Gasteiger partial charge on any atom is -0.493 e. The number of rotatable bonds is 7. The van der Waals surface area contributed by atoms with Crippen LogP contribution in [0.2, 0.25) is 0 Å². The van der Waals surface area contributed by atoms with Crippen LogP contribution in [0.4, 0.5) is 0 Å². The van der Waals surface area contributed by atoms with Gasteiger partial charge in [0.1, 0.15) is 18.2 Å². The Bertz CT molecular complexity index is 1180. The van der Waals surface area contributed by atoms with Gasteiger partial charge in [0.15, 0.2) is 11.5 Å². The summed E-state index contributed by atoms with van der Waals surface area (Å²) in [6, 6.07) is 20.0. The number of ether oxygens (including phenoxy) is 2. The molecule has 3 aromatic carbocycles. The number of amides is 1. The Labute approximate surface area is 195 Å². The van der Waals surface area contributed by atoms with Crippen molar-refractivity contribution in [2.24, 2.45) is 0 Å². The average Bonchev–Trinajstić information content (AvgIpc) is 2.75. The van der Waals surface area contributed by atoms with E-state index in [1.54, 1.807) is 19.3 Å². The molecule has 158 valence electrons. The molecule has 0 heterocycles. The van der Waals surface area contributed by atoms with Crippen LogP contribution >= 0.6 is 22.6 Å². The maximum atomic E-state index is 12.2. The molecule has 0 aromatic heterocycles. The summed E-state index contributed by atoms with van der Waals surface area (Å²) in [6.45, 7) is 4.09. The van der Waals surface area contributed by atoms with Gasteiger partial charge in [0.2, 0.25) is 0 Å². The van der Waals surface area contributed by atoms with Crippen molar-refractivity contribution in [3.05, 3.63) is 74.9 Å². The predicted molar refractivity (Wildman–Crippen MR) is 131 cm³/mol. The summed E-state index contributed by atoms with van der Waals surface area (Å²) < 4.78 is 12.4. The van der Waals surface area contributed by atoms with Crippen LogP contribution in [0, 0.1) is 14.9 Å². The Morgan fingerprint density at radius 2 is 1.90 bits per heavy atom. The SMILES string of the molecule is COc1cc(/C=C(/C#N)C(=O)NC(C)C)cc(I)c1OCc1ccc2ccccc2c1. The lowest BCUT2D eigenvalue weighted by atomic mass is 10.1. The number of fused-ring (bicyclic) bond motifs is 1. The fraction of sp³-hybridized carbons (Fsp3) is 0.200. The zero-order chi connectivity index (χ0) is 22.4. The smallest absolute Gasteiger partial charge is 0.262 e. The Morgan fingerprint density at radius 1 is 1.16 bits per heavy atom. The molecule has 1 N–H and O–H groups in total. The van der Waals surface area contributed by atoms with Crippen molar-refractivity contribution in [2.45, 2.75) is 26.5 Å². The normalized spacial score (nSPS) is 11.3. The largest absolute Gasteiger partial charge is 0.493 e. The van der Waals surface area contributed by atoms with Gasteiger partial charge in [0, 0.05) is 6.04 Å². The van der Waals surface area contributed by atoms with Crippen molar-refractivity contribution in [1.82, 2.24) is 5.32 Å². The van der Waals surface area contributed by atoms with Crippen LogP contribution in [-0.4, -0.2) is 19.1 Å². The van der Waals surface area contributed by atoms with Gasteiger partial charge in [-0.15, -0.1) is 0 Å². The van der Waals surface area contributed by atoms with Crippen molar-refractivity contribution in [2.75, 3.05) is 7.11 Å². The monoisotopic (exact) mass is 526 g/mol. The topological polar surface area (TPSA) is 71.3 Å². The Balaban J connectivity index is 1.84. The lowest BCUT2D eigenvalue weighted by Gasteiger charge is -2.14. The molecule has 0 bridgehead atoms. The summed E-state index contributed by atoms with van der Waals surface area (Å²) in [7, 11) is 1.57. The van der Waals surface area contributed by atoms with Crippen molar-refractivity contribution in [3.63, 3.8) is 0 Å². The highest BCUT2D eigenvalue weighted by Crippen LogP contribution is 2.35. The second-order valence-electron chi connectivity index (χ2n) is 7.30. The first-order valence-electron chi connectivity index (χ1n) is 9.82. The summed E-state index contributed by atoms with van der Waals surface area (Å²) >= 11 is 2.17. The summed E-state index contributed by atoms with van der Waals surface area (Å²) in [5.74, 6) is 0.766. The van der Waals surface area contributed by atoms with E-state index in [2.05, 4.69) is 52.2 Å². The van der Waals surface area contributed by atoms with Gasteiger partial charge in [0.05, 0.1) is 10.7 Å². The molecule has 0 spiro atoms. The molecule has 0 aliphatic carbocycles. The Kier molecular flexibility index (Phi) is 7.53. The maximum Gasteiger partial charge on any atom is 0.262 e. The van der Waals surface area contributed by atoms with E-state index in [1.165, 1.54) is 5.39 Å². The summed E-state index contributed by atoms with van der Waals surface area (Å²) in [4.78, 5) is 12.2. The van der Waals surface area contributed by atoms with Crippen LogP contribution in [0.15, 0.2) is 60.2 Å². The number of halogens is 1. The standard InChI is InChI=1S/C25H23IN2O3/c1-16(2)28-25(29)21(14-27)11-18-12-22(26)24(23(13-18)30-3)31-15-17-8-9-19-6-4-5-7-20(19)10-17/h4-13,16H,15H2,1-3H3,(H,28,29)/b21-11-. The number of hydrogen-bond acceptors (Lipinski definition) is 4. The quantitative estimate of drug-likeness (QED) is 0.252. The zero-order valence-corrected chi connectivity index (χ0v) is 19.8. The molecule has 3 rings (SSSR count). The van der Waals surface area contributed by atoms with Crippen LogP contribution in [0.3, 0.4) is 0 Å².